The Hall–Kier alpha value is -2.34. The van der Waals surface area contributed by atoms with E-state index in [4.69, 9.17) is 11.6 Å². The van der Waals surface area contributed by atoms with Crippen molar-refractivity contribution in [3.05, 3.63) is 46.7 Å². The normalized spacial score (nSPS) is 10.7. The average molecular weight is 349 g/mol. The van der Waals surface area contributed by atoms with Gasteiger partial charge in [-0.05, 0) is 19.1 Å². The van der Waals surface area contributed by atoms with Gasteiger partial charge in [-0.2, -0.15) is 5.10 Å². The minimum Gasteiger partial charge on any atom is -0.354 e. The van der Waals surface area contributed by atoms with Crippen molar-refractivity contribution in [3.8, 4) is 5.69 Å². The van der Waals surface area contributed by atoms with Crippen LogP contribution >= 0.6 is 11.6 Å². The van der Waals surface area contributed by atoms with Crippen molar-refractivity contribution in [2.24, 2.45) is 5.92 Å². The molecule has 0 saturated heterocycles. The van der Waals surface area contributed by atoms with E-state index < -0.39 is 0 Å². The third-order valence-electron chi connectivity index (χ3n) is 3.47. The lowest BCUT2D eigenvalue weighted by molar-refractivity contribution is -0.123. The van der Waals surface area contributed by atoms with Crippen LogP contribution in [0.5, 0.6) is 0 Å². The van der Waals surface area contributed by atoms with Gasteiger partial charge >= 0.3 is 0 Å². The lowest BCUT2D eigenvalue weighted by atomic mass is 10.2. The Bertz CT molecular complexity index is 726. The van der Waals surface area contributed by atoms with E-state index in [0.29, 0.717) is 24.3 Å². The second-order valence-corrected chi connectivity index (χ2v) is 6.06. The summed E-state index contributed by atoms with van der Waals surface area (Å²) in [6.45, 7) is 6.06. The Kier molecular flexibility index (Phi) is 5.98. The number of carbonyl (C=O) groups is 2. The zero-order valence-electron chi connectivity index (χ0n) is 14.0. The summed E-state index contributed by atoms with van der Waals surface area (Å²) in [6, 6.07) is 9.37. The Morgan fingerprint density at radius 1 is 1.17 bits per heavy atom. The smallest absolute Gasteiger partial charge is 0.256 e. The SMILES string of the molecule is Cc1nn(-c2ccccc2)c(Cl)c1C(=O)NCCNC(=O)C(C)C. The number of hydrogen-bond donors (Lipinski definition) is 2. The minimum atomic E-state index is -0.307. The number of amides is 2. The number of nitrogens with zero attached hydrogens (tertiary/aromatic N) is 2. The molecular formula is C17H21ClN4O2. The number of hydrogen-bond acceptors (Lipinski definition) is 3. The van der Waals surface area contributed by atoms with Crippen molar-refractivity contribution in [3.63, 3.8) is 0 Å². The summed E-state index contributed by atoms with van der Waals surface area (Å²) in [5, 5.41) is 10.1. The lowest BCUT2D eigenvalue weighted by Crippen LogP contribution is -2.36. The molecule has 0 radical (unpaired) electrons. The van der Waals surface area contributed by atoms with Crippen LogP contribution in [0.3, 0.4) is 0 Å². The first kappa shape index (κ1) is 18.0. The van der Waals surface area contributed by atoms with Gasteiger partial charge in [-0.1, -0.05) is 43.6 Å². The molecule has 0 fully saturated rings. The van der Waals surface area contributed by atoms with Crippen LogP contribution in [-0.4, -0.2) is 34.7 Å². The largest absolute Gasteiger partial charge is 0.354 e. The van der Waals surface area contributed by atoms with Gasteiger partial charge in [0.1, 0.15) is 5.15 Å². The van der Waals surface area contributed by atoms with Crippen molar-refractivity contribution in [2.45, 2.75) is 20.8 Å². The van der Waals surface area contributed by atoms with Gasteiger partial charge in [0.2, 0.25) is 5.91 Å². The van der Waals surface area contributed by atoms with Crippen LogP contribution in [0.2, 0.25) is 5.15 Å². The first-order chi connectivity index (χ1) is 11.4. The quantitative estimate of drug-likeness (QED) is 0.787. The van der Waals surface area contributed by atoms with E-state index in [1.54, 1.807) is 6.92 Å². The Morgan fingerprint density at radius 3 is 2.42 bits per heavy atom. The fraction of sp³-hybridized carbons (Fsp3) is 0.353. The molecule has 2 rings (SSSR count). The number of carbonyl (C=O) groups excluding carboxylic acids is 2. The topological polar surface area (TPSA) is 76.0 Å². The van der Waals surface area contributed by atoms with Gasteiger partial charge in [0.05, 0.1) is 16.9 Å². The molecule has 24 heavy (non-hydrogen) atoms. The van der Waals surface area contributed by atoms with Gasteiger partial charge in [0, 0.05) is 19.0 Å². The highest BCUT2D eigenvalue weighted by Gasteiger charge is 2.20. The van der Waals surface area contributed by atoms with Crippen LogP contribution in [0.25, 0.3) is 5.69 Å². The number of halogens is 1. The summed E-state index contributed by atoms with van der Waals surface area (Å²) < 4.78 is 1.53. The molecule has 0 aliphatic heterocycles. The fourth-order valence-corrected chi connectivity index (χ4v) is 2.51. The minimum absolute atomic E-state index is 0.0460. The highest BCUT2D eigenvalue weighted by molar-refractivity contribution is 6.33. The average Bonchev–Trinajstić information content (AvgIpc) is 2.86. The molecule has 0 bridgehead atoms. The van der Waals surface area contributed by atoms with Crippen LogP contribution in [0.15, 0.2) is 30.3 Å². The van der Waals surface area contributed by atoms with Gasteiger partial charge in [-0.3, -0.25) is 9.59 Å². The maximum absolute atomic E-state index is 12.3. The van der Waals surface area contributed by atoms with Gasteiger partial charge in [-0.25, -0.2) is 4.68 Å². The molecule has 2 aromatic rings. The summed E-state index contributed by atoms with van der Waals surface area (Å²) >= 11 is 6.33. The number of rotatable bonds is 6. The highest BCUT2D eigenvalue weighted by atomic mass is 35.5. The standard InChI is InChI=1S/C17H21ClN4O2/c1-11(2)16(23)19-9-10-20-17(24)14-12(3)21-22(15(14)18)13-7-5-4-6-8-13/h4-8,11H,9-10H2,1-3H3,(H,19,23)(H,20,24). The molecule has 0 aliphatic rings. The van der Waals surface area contributed by atoms with Crippen molar-refractivity contribution in [1.82, 2.24) is 20.4 Å². The fourth-order valence-electron chi connectivity index (χ4n) is 2.15. The Morgan fingerprint density at radius 2 is 1.79 bits per heavy atom. The first-order valence-corrected chi connectivity index (χ1v) is 8.16. The second-order valence-electron chi connectivity index (χ2n) is 5.70. The van der Waals surface area contributed by atoms with Gasteiger partial charge in [0.25, 0.3) is 5.91 Å². The van der Waals surface area contributed by atoms with Crippen LogP contribution < -0.4 is 10.6 Å². The molecule has 7 heteroatoms. The van der Waals surface area contributed by atoms with E-state index >= 15 is 0 Å². The zero-order chi connectivity index (χ0) is 17.7. The van der Waals surface area contributed by atoms with E-state index in [1.165, 1.54) is 4.68 Å². The van der Waals surface area contributed by atoms with Crippen molar-refractivity contribution in [1.29, 1.82) is 0 Å². The highest BCUT2D eigenvalue weighted by Crippen LogP contribution is 2.23. The zero-order valence-corrected chi connectivity index (χ0v) is 14.7. The molecule has 0 unspecified atom stereocenters. The lowest BCUT2D eigenvalue weighted by Gasteiger charge is -2.09. The summed E-state index contributed by atoms with van der Waals surface area (Å²) in [6.07, 6.45) is 0. The molecule has 2 N–H and O–H groups in total. The summed E-state index contributed by atoms with van der Waals surface area (Å²) in [5.41, 5.74) is 1.68. The van der Waals surface area contributed by atoms with Crippen molar-refractivity contribution in [2.75, 3.05) is 13.1 Å². The van der Waals surface area contributed by atoms with Crippen molar-refractivity contribution < 1.29 is 9.59 Å². The van der Waals surface area contributed by atoms with E-state index in [1.807, 2.05) is 44.2 Å². The van der Waals surface area contributed by atoms with Gasteiger partial charge < -0.3 is 10.6 Å². The monoisotopic (exact) mass is 348 g/mol. The Balaban J connectivity index is 2.03. The van der Waals surface area contributed by atoms with Crippen LogP contribution in [0.1, 0.15) is 29.9 Å². The maximum Gasteiger partial charge on any atom is 0.256 e. The van der Waals surface area contributed by atoms with Crippen LogP contribution in [0.4, 0.5) is 0 Å². The molecule has 2 amide bonds. The summed E-state index contributed by atoms with van der Waals surface area (Å²) in [7, 11) is 0. The second kappa shape index (κ2) is 7.97. The predicted molar refractivity (Wildman–Crippen MR) is 93.5 cm³/mol. The summed E-state index contributed by atoms with van der Waals surface area (Å²) in [4.78, 5) is 23.8. The molecule has 1 heterocycles. The molecule has 128 valence electrons. The van der Waals surface area contributed by atoms with E-state index in [9.17, 15) is 9.59 Å². The molecule has 6 nitrogen and oxygen atoms in total. The summed E-state index contributed by atoms with van der Waals surface area (Å²) in [5.74, 6) is -0.435. The maximum atomic E-state index is 12.3. The van der Waals surface area contributed by atoms with Gasteiger partial charge in [-0.15, -0.1) is 0 Å². The number of benzene rings is 1. The van der Waals surface area contributed by atoms with E-state index in [2.05, 4.69) is 15.7 Å². The molecule has 0 atom stereocenters. The van der Waals surface area contributed by atoms with Crippen LogP contribution in [-0.2, 0) is 4.79 Å². The molecule has 0 saturated carbocycles. The molecule has 0 aliphatic carbocycles. The molecule has 1 aromatic carbocycles. The molecule has 1 aromatic heterocycles. The molecule has 0 spiro atoms. The number of aromatic nitrogens is 2. The molecular weight excluding hydrogens is 328 g/mol. The number of nitrogens with one attached hydrogen (secondary N) is 2. The first-order valence-electron chi connectivity index (χ1n) is 7.78. The number of aryl methyl sites for hydroxylation is 1. The van der Waals surface area contributed by atoms with Gasteiger partial charge in [0.15, 0.2) is 0 Å². The van der Waals surface area contributed by atoms with Crippen molar-refractivity contribution >= 4 is 23.4 Å². The predicted octanol–water partition coefficient (Wildman–Crippen LogP) is 2.34. The van der Waals surface area contributed by atoms with Crippen LogP contribution in [0, 0.1) is 12.8 Å². The third-order valence-corrected chi connectivity index (χ3v) is 3.82. The Labute approximate surface area is 146 Å². The third kappa shape index (κ3) is 4.14. The van der Waals surface area contributed by atoms with E-state index in [0.717, 1.165) is 5.69 Å². The number of para-hydroxylation sites is 1. The van der Waals surface area contributed by atoms with E-state index in [-0.39, 0.29) is 22.9 Å².